The number of nitrogens with zero attached hydrogens (tertiary/aromatic N) is 2. The zero-order valence-corrected chi connectivity index (χ0v) is 53.5. The summed E-state index contributed by atoms with van der Waals surface area (Å²) in [5, 5.41) is 32.7. The summed E-state index contributed by atoms with van der Waals surface area (Å²) in [5.74, 6) is 3.23. The monoisotopic (exact) mass is 1220 g/mol. The topological polar surface area (TPSA) is 70.8 Å². The first kappa shape index (κ1) is 67.3. The van der Waals surface area contributed by atoms with Crippen LogP contribution in [0.15, 0.2) is 94.9 Å². The van der Waals surface area contributed by atoms with Crippen molar-refractivity contribution in [3.05, 3.63) is 118 Å². The van der Waals surface area contributed by atoms with E-state index in [4.69, 9.17) is 9.98 Å². The molecule has 0 aliphatic carbocycles. The summed E-state index contributed by atoms with van der Waals surface area (Å²) in [6, 6.07) is 35.3. The molecule has 0 fully saturated rings. The molecule has 4 nitrogen and oxygen atoms in total. The van der Waals surface area contributed by atoms with Gasteiger partial charge in [0.25, 0.3) is 0 Å². The van der Waals surface area contributed by atoms with Crippen molar-refractivity contribution in [2.45, 2.75) is 184 Å². The van der Waals surface area contributed by atoms with Gasteiger partial charge in [0.05, 0.1) is 16.1 Å². The Labute approximate surface area is 458 Å². The van der Waals surface area contributed by atoms with E-state index in [0.29, 0.717) is 46.6 Å². The molecule has 2 atom stereocenters. The second-order valence-electron chi connectivity index (χ2n) is 25.8. The van der Waals surface area contributed by atoms with Crippen molar-refractivity contribution in [3.8, 4) is 11.5 Å². The fourth-order valence-corrected chi connectivity index (χ4v) is 25.2. The Morgan fingerprint density at radius 2 is 0.676 bits per heavy atom. The Balaban J connectivity index is 0.00000218. The number of aliphatic imine (C=N–C) groups is 2. The van der Waals surface area contributed by atoms with Crippen LogP contribution in [0, 0.1) is 35.5 Å². The van der Waals surface area contributed by atoms with Crippen LogP contribution < -0.4 is 20.6 Å². The van der Waals surface area contributed by atoms with E-state index in [1.165, 1.54) is 11.1 Å². The van der Waals surface area contributed by atoms with E-state index in [0.717, 1.165) is 57.8 Å². The van der Waals surface area contributed by atoms with Gasteiger partial charge in [0.1, 0.15) is 12.1 Å². The average Bonchev–Trinajstić information content (AvgIpc) is 3.20. The van der Waals surface area contributed by atoms with Gasteiger partial charge in [-0.2, -0.15) is 0 Å². The van der Waals surface area contributed by atoms with E-state index in [9.17, 15) is 16.9 Å². The minimum atomic E-state index is -11.2. The van der Waals surface area contributed by atoms with Gasteiger partial charge in [-0.3, -0.25) is 9.98 Å². The molecule has 4 aromatic carbocycles. The van der Waals surface area contributed by atoms with Gasteiger partial charge in [0.2, 0.25) is 0 Å². The molecule has 0 amide bonds. The average molecular weight is 1220 g/mol. The first-order valence-corrected chi connectivity index (χ1v) is 37.6. The number of rotatable bonds is 21. The molecule has 0 N–H and O–H groups in total. The molecule has 0 radical (unpaired) electrons. The Morgan fingerprint density at radius 3 is 0.878 bits per heavy atom. The molecule has 416 valence electrons. The molecule has 0 aliphatic heterocycles. The third kappa shape index (κ3) is 21.9. The summed E-state index contributed by atoms with van der Waals surface area (Å²) >= 11 is -11.2. The number of benzene rings is 4. The molecule has 0 aliphatic rings. The Bertz CT molecular complexity index is 2230. The van der Waals surface area contributed by atoms with Crippen molar-refractivity contribution in [1.82, 2.24) is 0 Å². The summed E-state index contributed by atoms with van der Waals surface area (Å²) in [7, 11) is -4.57. The van der Waals surface area contributed by atoms with Crippen LogP contribution in [0.5, 0.6) is 11.5 Å². The maximum atomic E-state index is 15.3. The van der Waals surface area contributed by atoms with Gasteiger partial charge in [0, 0.05) is 12.4 Å². The second kappa shape index (κ2) is 25.7. The van der Waals surface area contributed by atoms with Crippen LogP contribution in [0.25, 0.3) is 0 Å². The fourth-order valence-electron chi connectivity index (χ4n) is 11.3. The van der Waals surface area contributed by atoms with Gasteiger partial charge in [-0.25, -0.2) is 0 Å². The number of hydrogen-bond acceptors (Lipinski definition) is 4. The molecule has 74 heavy (non-hydrogen) atoms. The quantitative estimate of drug-likeness (QED) is 0.0474. The van der Waals surface area contributed by atoms with Crippen LogP contribution >= 0.6 is 0 Å². The van der Waals surface area contributed by atoms with Crippen molar-refractivity contribution in [2.24, 2.45) is 45.5 Å². The fraction of sp³-hybridized carbons (Fsp3) is 0.567. The SMILES string of the molecule is CC(C)C[Si](CC(C)C)(CC(C)C)c1cc(C(C)(C)C)cc(C=N[C@H](c2ccccc2)[C@H](N=Cc2cc(C(C)(C)C)cc([Si](CC(C)C)(CC(C)C)CC(C)C)c2[O-])c2ccccc2)c1[O-].[Co+3].[F][Sb-]([F])([F])([F])([F])[F]. The molecule has 0 heterocycles. The van der Waals surface area contributed by atoms with Gasteiger partial charge in [-0.1, -0.05) is 256 Å². The molecule has 14 heteroatoms. The Kier molecular flexibility index (Phi) is 23.4. The van der Waals surface area contributed by atoms with E-state index in [1.807, 2.05) is 24.6 Å². The summed E-state index contributed by atoms with van der Waals surface area (Å²) in [5.41, 5.74) is 5.38. The molecular formula is C60H90CoF6N2O2SbSi2. The number of halogens is 6. The third-order valence-corrected chi connectivity index (χ3v) is 25.8. The first-order chi connectivity index (χ1) is 33.1. The van der Waals surface area contributed by atoms with Crippen LogP contribution in [-0.2, 0) is 27.6 Å². The van der Waals surface area contributed by atoms with Gasteiger partial charge in [-0.05, 0) is 79.7 Å². The summed E-state index contributed by atoms with van der Waals surface area (Å²) in [4.78, 5) is 11.0. The molecule has 0 bridgehead atoms. The molecule has 4 aromatic rings. The van der Waals surface area contributed by atoms with Crippen molar-refractivity contribution < 1.29 is 43.9 Å². The van der Waals surface area contributed by atoms with E-state index in [2.05, 4.69) is 197 Å². The Morgan fingerprint density at radius 1 is 0.446 bits per heavy atom. The van der Waals surface area contributed by atoms with Gasteiger partial charge in [-0.15, -0.1) is 11.5 Å². The van der Waals surface area contributed by atoms with Crippen LogP contribution in [0.3, 0.4) is 0 Å². The predicted octanol–water partition coefficient (Wildman–Crippen LogP) is 16.8. The van der Waals surface area contributed by atoms with Crippen LogP contribution in [-0.4, -0.2) is 48.1 Å². The summed E-state index contributed by atoms with van der Waals surface area (Å²) in [6.45, 7) is 41.5. The normalized spacial score (nSPS) is 15.0. The van der Waals surface area contributed by atoms with Crippen molar-refractivity contribution in [1.29, 1.82) is 0 Å². The molecular weight excluding hydrogens is 1130 g/mol. The van der Waals surface area contributed by atoms with E-state index >= 15 is 10.2 Å². The van der Waals surface area contributed by atoms with Gasteiger partial charge >= 0.3 is 53.1 Å². The third-order valence-electron chi connectivity index (χ3n) is 13.2. The van der Waals surface area contributed by atoms with E-state index in [1.54, 1.807) is 0 Å². The van der Waals surface area contributed by atoms with E-state index < -0.39 is 47.7 Å². The first-order valence-electron chi connectivity index (χ1n) is 26.6. The minimum absolute atomic E-state index is 0. The van der Waals surface area contributed by atoms with Crippen LogP contribution in [0.4, 0.5) is 16.9 Å². The summed E-state index contributed by atoms with van der Waals surface area (Å²) < 4.78 is 59.6. The molecule has 0 spiro atoms. The predicted molar refractivity (Wildman–Crippen MR) is 304 cm³/mol. The molecule has 0 unspecified atom stereocenters. The van der Waals surface area contributed by atoms with Crippen LogP contribution in [0.2, 0.25) is 36.3 Å². The van der Waals surface area contributed by atoms with Crippen molar-refractivity contribution in [3.63, 3.8) is 0 Å². The molecule has 0 aromatic heterocycles. The molecule has 0 saturated carbocycles. The zero-order valence-electron chi connectivity index (χ0n) is 47.9. The van der Waals surface area contributed by atoms with E-state index in [-0.39, 0.29) is 39.1 Å². The van der Waals surface area contributed by atoms with Gasteiger partial charge in [0.15, 0.2) is 0 Å². The Hall–Kier alpha value is -2.84. The molecule has 4 rings (SSSR count). The second-order valence-corrected chi connectivity index (χ2v) is 39.9. The molecule has 0 saturated heterocycles. The van der Waals surface area contributed by atoms with Gasteiger partial charge < -0.3 is 10.2 Å². The van der Waals surface area contributed by atoms with Crippen molar-refractivity contribution >= 4 is 58.4 Å². The maximum absolute atomic E-state index is 15.3. The number of hydrogen-bond donors (Lipinski definition) is 0. The van der Waals surface area contributed by atoms with Crippen molar-refractivity contribution in [2.75, 3.05) is 0 Å². The summed E-state index contributed by atoms with van der Waals surface area (Å²) in [6.07, 6.45) is 3.76. The van der Waals surface area contributed by atoms with Crippen LogP contribution in [0.1, 0.15) is 170 Å². The standard InChI is InChI=1S/C60H92N2O2Si2.Co.6FH.Sb/c1-41(2)35-65(36-42(3)4,37-43(5)6)53-31-51(59(13,14)15)29-49(57(53)63)33-61-55(47-25-21-19-22-26-47)56(48-27-23-20-24-28-48)62-34-50-30-52(60(16,17)18)32-54(58(50)64)66(38-44(7)8,39-45(9)10)40-46(11)12;;;;;;;;/h19-34,41-46,55-56,63-64H,35-40H2,1-18H3;;6*1H;/q;+3;;;;;;;+5/p-8/t55-,56-;;;;;;;;/m1......../s1. The zero-order chi connectivity index (χ0) is 55.8.